The van der Waals surface area contributed by atoms with Gasteiger partial charge in [0.15, 0.2) is 11.5 Å². The monoisotopic (exact) mass is 477 g/mol. The van der Waals surface area contributed by atoms with Gasteiger partial charge in [-0.3, -0.25) is 4.79 Å². The van der Waals surface area contributed by atoms with Crippen molar-refractivity contribution in [1.82, 2.24) is 10.3 Å². The van der Waals surface area contributed by atoms with Crippen LogP contribution in [0, 0.1) is 11.8 Å². The number of benzene rings is 2. The van der Waals surface area contributed by atoms with E-state index in [9.17, 15) is 4.79 Å². The second kappa shape index (κ2) is 12.7. The van der Waals surface area contributed by atoms with Gasteiger partial charge >= 0.3 is 0 Å². The fraction of sp³-hybridized carbons (Fsp3) is 0.517. The van der Waals surface area contributed by atoms with Crippen LogP contribution in [0.25, 0.3) is 0 Å². The molecule has 2 aromatic carbocycles. The van der Waals surface area contributed by atoms with Crippen LogP contribution in [0.2, 0.25) is 0 Å². The molecule has 1 saturated carbocycles. The summed E-state index contributed by atoms with van der Waals surface area (Å²) in [7, 11) is 3.30. The van der Waals surface area contributed by atoms with E-state index >= 15 is 0 Å². The van der Waals surface area contributed by atoms with Crippen LogP contribution in [0.5, 0.6) is 11.5 Å². The van der Waals surface area contributed by atoms with E-state index in [1.54, 1.807) is 19.2 Å². The Morgan fingerprint density at radius 1 is 0.914 bits per heavy atom. The van der Waals surface area contributed by atoms with E-state index in [-0.39, 0.29) is 17.7 Å². The number of hydrogen-bond acceptors (Lipinski definition) is 5. The second-order valence-corrected chi connectivity index (χ2v) is 9.59. The fourth-order valence-electron chi connectivity index (χ4n) is 5.32. The lowest BCUT2D eigenvalue weighted by Crippen LogP contribution is -2.46. The molecule has 0 radical (unpaired) electrons. The number of methoxy groups -OCH3 is 2. The standard InChI is InChI=1S/C29H39N3O3/c1-34-26-17-16-23(20-27(26)35-2)28-24-14-8-9-15-25(24)29(33)32(31-28)19-11-4-3-10-18-30-21-22-12-6-5-7-13-22/h5-7,12-13,16-17,20,24-25,30H,3-4,8-11,14-15,18-19,21H2,1-2H3. The Morgan fingerprint density at radius 2 is 1.66 bits per heavy atom. The molecule has 1 aliphatic carbocycles. The number of ether oxygens (including phenoxy) is 2. The highest BCUT2D eigenvalue weighted by Crippen LogP contribution is 2.39. The Bertz CT molecular complexity index is 992. The number of nitrogens with one attached hydrogen (secondary N) is 1. The first-order valence-electron chi connectivity index (χ1n) is 13.1. The minimum Gasteiger partial charge on any atom is -0.493 e. The molecule has 6 nitrogen and oxygen atoms in total. The van der Waals surface area contributed by atoms with Crippen LogP contribution in [0.3, 0.4) is 0 Å². The first-order valence-corrected chi connectivity index (χ1v) is 13.1. The highest BCUT2D eigenvalue weighted by atomic mass is 16.5. The van der Waals surface area contributed by atoms with E-state index in [0.717, 1.165) is 75.7 Å². The van der Waals surface area contributed by atoms with E-state index < -0.39 is 0 Å². The van der Waals surface area contributed by atoms with Gasteiger partial charge in [0.2, 0.25) is 5.91 Å². The van der Waals surface area contributed by atoms with Crippen LogP contribution in [0.4, 0.5) is 0 Å². The number of carbonyl (C=O) groups is 1. The third-order valence-corrected chi connectivity index (χ3v) is 7.24. The van der Waals surface area contributed by atoms with Crippen LogP contribution in [0.15, 0.2) is 53.6 Å². The van der Waals surface area contributed by atoms with Crippen molar-refractivity contribution in [2.45, 2.75) is 57.9 Å². The quantitative estimate of drug-likeness (QED) is 0.416. The Morgan fingerprint density at radius 3 is 2.43 bits per heavy atom. The normalized spacial score (nSPS) is 19.8. The van der Waals surface area contributed by atoms with Crippen LogP contribution in [0.1, 0.15) is 62.5 Å². The summed E-state index contributed by atoms with van der Waals surface area (Å²) in [5.41, 5.74) is 3.38. The molecule has 2 aromatic rings. The molecule has 2 unspecified atom stereocenters. The van der Waals surface area contributed by atoms with Crippen LogP contribution < -0.4 is 14.8 Å². The molecule has 4 rings (SSSR count). The summed E-state index contributed by atoms with van der Waals surface area (Å²) in [4.78, 5) is 13.3. The minimum atomic E-state index is 0.0477. The molecule has 2 atom stereocenters. The maximum absolute atomic E-state index is 13.3. The lowest BCUT2D eigenvalue weighted by molar-refractivity contribution is -0.139. The smallest absolute Gasteiger partial charge is 0.246 e. The molecule has 35 heavy (non-hydrogen) atoms. The Kier molecular flexibility index (Phi) is 9.18. The summed E-state index contributed by atoms with van der Waals surface area (Å²) >= 11 is 0. The molecule has 1 amide bonds. The maximum Gasteiger partial charge on any atom is 0.246 e. The highest BCUT2D eigenvalue weighted by molar-refractivity contribution is 6.07. The van der Waals surface area contributed by atoms with E-state index in [4.69, 9.17) is 14.6 Å². The molecule has 0 aromatic heterocycles. The second-order valence-electron chi connectivity index (χ2n) is 9.59. The predicted octanol–water partition coefficient (Wildman–Crippen LogP) is 5.41. The van der Waals surface area contributed by atoms with Crippen molar-refractivity contribution in [3.05, 3.63) is 59.7 Å². The molecule has 6 heteroatoms. The van der Waals surface area contributed by atoms with Crippen molar-refractivity contribution in [2.75, 3.05) is 27.3 Å². The van der Waals surface area contributed by atoms with Gasteiger partial charge in [0.25, 0.3) is 0 Å². The number of carbonyl (C=O) groups excluding carboxylic acids is 1. The number of fused-ring (bicyclic) bond motifs is 1. The summed E-state index contributed by atoms with van der Waals surface area (Å²) in [5, 5.41) is 10.2. The molecule has 188 valence electrons. The average molecular weight is 478 g/mol. The third kappa shape index (κ3) is 6.43. The molecule has 1 N–H and O–H groups in total. The lowest BCUT2D eigenvalue weighted by atomic mass is 9.73. The maximum atomic E-state index is 13.3. The molecule has 2 aliphatic rings. The molecule has 1 heterocycles. The number of hydrazone groups is 1. The third-order valence-electron chi connectivity index (χ3n) is 7.24. The van der Waals surface area contributed by atoms with Gasteiger partial charge in [0.1, 0.15) is 0 Å². The Balaban J connectivity index is 1.32. The minimum absolute atomic E-state index is 0.0477. The van der Waals surface area contributed by atoms with Crippen molar-refractivity contribution >= 4 is 11.6 Å². The Hall–Kier alpha value is -2.86. The van der Waals surface area contributed by atoms with Crippen LogP contribution >= 0.6 is 0 Å². The van der Waals surface area contributed by atoms with Gasteiger partial charge in [-0.1, -0.05) is 56.0 Å². The van der Waals surface area contributed by atoms with Crippen molar-refractivity contribution < 1.29 is 14.3 Å². The number of unbranched alkanes of at least 4 members (excludes halogenated alkanes) is 3. The summed E-state index contributed by atoms with van der Waals surface area (Å²) < 4.78 is 10.9. The SMILES string of the molecule is COc1ccc(C2=NN(CCCCCCNCc3ccccc3)C(=O)C3CCCCC23)cc1OC. The molecule has 1 fully saturated rings. The van der Waals surface area contributed by atoms with Gasteiger partial charge in [0, 0.05) is 30.5 Å². The molecule has 0 saturated heterocycles. The molecule has 0 spiro atoms. The highest BCUT2D eigenvalue weighted by Gasteiger charge is 2.41. The summed E-state index contributed by atoms with van der Waals surface area (Å²) in [5.74, 6) is 1.86. The first-order chi connectivity index (χ1) is 17.2. The Labute approximate surface area is 209 Å². The van der Waals surface area contributed by atoms with Gasteiger partial charge in [0.05, 0.1) is 19.9 Å². The first kappa shape index (κ1) is 25.2. The molecule has 1 aliphatic heterocycles. The van der Waals surface area contributed by atoms with Gasteiger partial charge in [-0.2, -0.15) is 5.10 Å². The van der Waals surface area contributed by atoms with Gasteiger partial charge in [-0.15, -0.1) is 0 Å². The fourth-order valence-corrected chi connectivity index (χ4v) is 5.32. The summed E-state index contributed by atoms with van der Waals surface area (Å²) in [6.45, 7) is 2.62. The van der Waals surface area contributed by atoms with E-state index in [1.807, 2.05) is 24.3 Å². The zero-order valence-corrected chi connectivity index (χ0v) is 21.2. The number of nitrogens with zero attached hydrogens (tertiary/aromatic N) is 2. The molecular formula is C29H39N3O3. The van der Waals surface area contributed by atoms with Crippen molar-refractivity contribution in [1.29, 1.82) is 0 Å². The number of amides is 1. The zero-order valence-electron chi connectivity index (χ0n) is 21.2. The number of hydrogen-bond donors (Lipinski definition) is 1. The van der Waals surface area contributed by atoms with Crippen molar-refractivity contribution in [3.63, 3.8) is 0 Å². The van der Waals surface area contributed by atoms with E-state index in [2.05, 4.69) is 29.6 Å². The van der Waals surface area contributed by atoms with E-state index in [1.165, 1.54) is 5.56 Å². The van der Waals surface area contributed by atoms with Crippen LogP contribution in [-0.4, -0.2) is 43.9 Å². The predicted molar refractivity (Wildman–Crippen MR) is 140 cm³/mol. The lowest BCUT2D eigenvalue weighted by Gasteiger charge is -2.38. The summed E-state index contributed by atoms with van der Waals surface area (Å²) in [6.07, 6.45) is 8.63. The topological polar surface area (TPSA) is 63.2 Å². The molecular weight excluding hydrogens is 438 g/mol. The largest absolute Gasteiger partial charge is 0.493 e. The average Bonchev–Trinajstić information content (AvgIpc) is 2.91. The van der Waals surface area contributed by atoms with Gasteiger partial charge in [-0.25, -0.2) is 5.01 Å². The van der Waals surface area contributed by atoms with Crippen molar-refractivity contribution in [2.24, 2.45) is 16.9 Å². The zero-order chi connectivity index (χ0) is 24.5. The van der Waals surface area contributed by atoms with Gasteiger partial charge in [-0.05, 0) is 56.0 Å². The van der Waals surface area contributed by atoms with E-state index in [0.29, 0.717) is 18.0 Å². The molecule has 0 bridgehead atoms. The van der Waals surface area contributed by atoms with Crippen LogP contribution in [-0.2, 0) is 11.3 Å². The van der Waals surface area contributed by atoms with Gasteiger partial charge < -0.3 is 14.8 Å². The number of rotatable bonds is 12. The summed E-state index contributed by atoms with van der Waals surface area (Å²) in [6, 6.07) is 16.5. The van der Waals surface area contributed by atoms with Crippen molar-refractivity contribution in [3.8, 4) is 11.5 Å².